The van der Waals surface area contributed by atoms with Crippen LogP contribution in [0.1, 0.15) is 26.2 Å². The van der Waals surface area contributed by atoms with Crippen molar-refractivity contribution in [3.05, 3.63) is 18.2 Å². The number of anilines is 1. The van der Waals surface area contributed by atoms with Crippen molar-refractivity contribution < 1.29 is 14.3 Å². The van der Waals surface area contributed by atoms with Crippen LogP contribution in [-0.4, -0.2) is 44.7 Å². The minimum absolute atomic E-state index is 0. The van der Waals surface area contributed by atoms with Crippen molar-refractivity contribution >= 4 is 41.5 Å². The third-order valence-corrected chi connectivity index (χ3v) is 3.98. The Hall–Kier alpha value is -1.71. The Morgan fingerprint density at radius 1 is 1.19 bits per heavy atom. The third kappa shape index (κ3) is 6.22. The number of hydrogen-bond donors (Lipinski definition) is 3. The lowest BCUT2D eigenvalue weighted by atomic mass is 10.3. The topological polar surface area (TPSA) is 84.0 Å². The summed E-state index contributed by atoms with van der Waals surface area (Å²) in [7, 11) is 0. The molecule has 0 bridgehead atoms. The molecule has 7 nitrogen and oxygen atoms in total. The zero-order valence-corrected chi connectivity index (χ0v) is 17.4. The van der Waals surface area contributed by atoms with E-state index in [0.717, 1.165) is 43.0 Å². The molecule has 26 heavy (non-hydrogen) atoms. The molecule has 2 aliphatic rings. The number of guanidine groups is 1. The Kier molecular flexibility index (Phi) is 8.27. The molecular formula is C18H27IN4O3. The van der Waals surface area contributed by atoms with Crippen molar-refractivity contribution in [1.82, 2.24) is 10.6 Å². The molecule has 0 radical (unpaired) electrons. The number of carbonyl (C=O) groups excluding carboxylic acids is 1. The maximum atomic E-state index is 11.6. The van der Waals surface area contributed by atoms with Crippen LogP contribution in [0, 0.1) is 5.92 Å². The zero-order chi connectivity index (χ0) is 17.5. The van der Waals surface area contributed by atoms with Gasteiger partial charge >= 0.3 is 0 Å². The van der Waals surface area contributed by atoms with Gasteiger partial charge in [0.15, 0.2) is 17.5 Å². The summed E-state index contributed by atoms with van der Waals surface area (Å²) in [5, 5.41) is 9.38. The fourth-order valence-corrected chi connectivity index (χ4v) is 2.52. The van der Waals surface area contributed by atoms with Gasteiger partial charge < -0.3 is 25.4 Å². The van der Waals surface area contributed by atoms with Crippen LogP contribution < -0.4 is 25.4 Å². The molecule has 1 saturated carbocycles. The van der Waals surface area contributed by atoms with Gasteiger partial charge in [-0.2, -0.15) is 0 Å². The van der Waals surface area contributed by atoms with Gasteiger partial charge in [-0.25, -0.2) is 0 Å². The summed E-state index contributed by atoms with van der Waals surface area (Å²) in [6.45, 7) is 5.18. The molecule has 1 aliphatic carbocycles. The number of hydrogen-bond acceptors (Lipinski definition) is 4. The fourth-order valence-electron chi connectivity index (χ4n) is 2.52. The van der Waals surface area contributed by atoms with Gasteiger partial charge in [0, 0.05) is 37.2 Å². The summed E-state index contributed by atoms with van der Waals surface area (Å²) in [5.41, 5.74) is 0.881. The summed E-state index contributed by atoms with van der Waals surface area (Å²) in [5.74, 6) is 2.58. The number of fused-ring (bicyclic) bond motifs is 1. The van der Waals surface area contributed by atoms with Crippen LogP contribution in [0.4, 0.5) is 5.69 Å². The summed E-state index contributed by atoms with van der Waals surface area (Å²) in [6, 6.07) is 5.76. The minimum atomic E-state index is 0. The molecule has 1 amide bonds. The van der Waals surface area contributed by atoms with E-state index in [2.05, 4.69) is 20.9 Å². The molecular weight excluding hydrogens is 447 g/mol. The summed E-state index contributed by atoms with van der Waals surface area (Å²) < 4.78 is 11.4. The van der Waals surface area contributed by atoms with Gasteiger partial charge in [-0.15, -0.1) is 24.0 Å². The molecule has 1 fully saturated rings. The highest BCUT2D eigenvalue weighted by molar-refractivity contribution is 14.0. The van der Waals surface area contributed by atoms with E-state index >= 15 is 0 Å². The molecule has 3 rings (SSSR count). The number of ether oxygens (including phenoxy) is 2. The predicted molar refractivity (Wildman–Crippen MR) is 113 cm³/mol. The normalized spacial score (nSPS) is 16.1. The zero-order valence-electron chi connectivity index (χ0n) is 15.0. The van der Waals surface area contributed by atoms with Crippen LogP contribution in [-0.2, 0) is 4.79 Å². The van der Waals surface area contributed by atoms with Crippen LogP contribution in [0.15, 0.2) is 23.2 Å². The lowest BCUT2D eigenvalue weighted by Crippen LogP contribution is -2.32. The maximum Gasteiger partial charge on any atom is 0.223 e. The van der Waals surface area contributed by atoms with Crippen LogP contribution in [0.2, 0.25) is 0 Å². The molecule has 1 aromatic rings. The van der Waals surface area contributed by atoms with E-state index in [-0.39, 0.29) is 35.8 Å². The Morgan fingerprint density at radius 2 is 1.96 bits per heavy atom. The number of nitrogens with one attached hydrogen (secondary N) is 3. The first kappa shape index (κ1) is 20.6. The Bertz CT molecular complexity index is 635. The van der Waals surface area contributed by atoms with Crippen molar-refractivity contribution in [3.8, 4) is 11.5 Å². The average molecular weight is 474 g/mol. The molecule has 1 aliphatic heterocycles. The van der Waals surface area contributed by atoms with Gasteiger partial charge in [-0.1, -0.05) is 0 Å². The van der Waals surface area contributed by atoms with E-state index in [1.165, 1.54) is 0 Å². The Labute approximate surface area is 171 Å². The number of benzene rings is 1. The second-order valence-corrected chi connectivity index (χ2v) is 6.16. The van der Waals surface area contributed by atoms with Gasteiger partial charge in [0.1, 0.15) is 0 Å². The molecule has 8 heteroatoms. The number of aliphatic imine (C=N–C) groups is 1. The lowest BCUT2D eigenvalue weighted by molar-refractivity contribution is -0.122. The molecule has 0 unspecified atom stereocenters. The van der Waals surface area contributed by atoms with Crippen molar-refractivity contribution in [2.24, 2.45) is 10.9 Å². The lowest BCUT2D eigenvalue weighted by Gasteiger charge is -2.14. The molecule has 0 atom stereocenters. The third-order valence-electron chi connectivity index (χ3n) is 3.98. The highest BCUT2D eigenvalue weighted by Gasteiger charge is 2.28. The molecule has 0 saturated heterocycles. The largest absolute Gasteiger partial charge is 0.490 e. The van der Waals surface area contributed by atoms with Crippen molar-refractivity contribution in [3.63, 3.8) is 0 Å². The fraction of sp³-hybridized carbons (Fsp3) is 0.556. The van der Waals surface area contributed by atoms with Crippen molar-refractivity contribution in [2.75, 3.05) is 38.2 Å². The Morgan fingerprint density at radius 3 is 2.69 bits per heavy atom. The number of rotatable bonds is 6. The highest BCUT2D eigenvalue weighted by atomic mass is 127. The summed E-state index contributed by atoms with van der Waals surface area (Å²) >= 11 is 0. The summed E-state index contributed by atoms with van der Waals surface area (Å²) in [6.07, 6.45) is 2.92. The Balaban J connectivity index is 0.00000243. The van der Waals surface area contributed by atoms with Gasteiger partial charge in [0.05, 0.1) is 19.8 Å². The number of amides is 1. The van der Waals surface area contributed by atoms with Crippen LogP contribution in [0.3, 0.4) is 0 Å². The monoisotopic (exact) mass is 474 g/mol. The van der Waals surface area contributed by atoms with Crippen LogP contribution >= 0.6 is 24.0 Å². The average Bonchev–Trinajstić information content (AvgIpc) is 3.45. The second kappa shape index (κ2) is 10.4. The second-order valence-electron chi connectivity index (χ2n) is 6.16. The van der Waals surface area contributed by atoms with Crippen molar-refractivity contribution in [2.45, 2.75) is 26.2 Å². The van der Waals surface area contributed by atoms with Gasteiger partial charge in [-0.05, 0) is 31.9 Å². The first-order chi connectivity index (χ1) is 12.3. The van der Waals surface area contributed by atoms with Gasteiger partial charge in [0.2, 0.25) is 5.91 Å². The van der Waals surface area contributed by atoms with E-state index in [1.807, 2.05) is 25.1 Å². The van der Waals surface area contributed by atoms with Crippen LogP contribution in [0.25, 0.3) is 0 Å². The number of halogens is 1. The molecule has 1 heterocycles. The first-order valence-corrected chi connectivity index (χ1v) is 8.99. The van der Waals surface area contributed by atoms with Crippen LogP contribution in [0.5, 0.6) is 11.5 Å². The predicted octanol–water partition coefficient (Wildman–Crippen LogP) is 2.37. The molecule has 144 valence electrons. The van der Waals surface area contributed by atoms with E-state index in [9.17, 15) is 4.79 Å². The standard InChI is InChI=1S/C18H26N4O3.HI/c1-2-19-18(21-9-8-20-17(23)13-4-5-13)22-14-6-7-15-16(12-14)25-11-3-10-24-15;/h6-7,12-13H,2-5,8-11H2,1H3,(H,20,23)(H2,19,21,22);1H. The SMILES string of the molecule is CCNC(=NCCNC(=O)C1CC1)Nc1ccc2c(c1)OCCCO2.I. The van der Waals surface area contributed by atoms with E-state index in [1.54, 1.807) is 0 Å². The minimum Gasteiger partial charge on any atom is -0.490 e. The van der Waals surface area contributed by atoms with Gasteiger partial charge in [-0.3, -0.25) is 9.79 Å². The quantitative estimate of drug-likeness (QED) is 0.255. The van der Waals surface area contributed by atoms with E-state index in [4.69, 9.17) is 9.47 Å². The number of nitrogens with zero attached hydrogens (tertiary/aromatic N) is 1. The molecule has 3 N–H and O–H groups in total. The first-order valence-electron chi connectivity index (χ1n) is 8.99. The number of carbonyl (C=O) groups is 1. The molecule has 0 spiro atoms. The molecule has 1 aromatic carbocycles. The van der Waals surface area contributed by atoms with E-state index in [0.29, 0.717) is 32.3 Å². The van der Waals surface area contributed by atoms with E-state index < -0.39 is 0 Å². The smallest absolute Gasteiger partial charge is 0.223 e. The summed E-state index contributed by atoms with van der Waals surface area (Å²) in [4.78, 5) is 16.1. The molecule has 0 aromatic heterocycles. The highest BCUT2D eigenvalue weighted by Crippen LogP contribution is 2.32. The van der Waals surface area contributed by atoms with Gasteiger partial charge in [0.25, 0.3) is 0 Å². The maximum absolute atomic E-state index is 11.6. The van der Waals surface area contributed by atoms with Crippen molar-refractivity contribution in [1.29, 1.82) is 0 Å².